The second-order valence-electron chi connectivity index (χ2n) is 4.93. The second kappa shape index (κ2) is 6.41. The summed E-state index contributed by atoms with van der Waals surface area (Å²) >= 11 is 6.13. The van der Waals surface area contributed by atoms with Gasteiger partial charge in [-0.25, -0.2) is 0 Å². The highest BCUT2D eigenvalue weighted by atomic mass is 35.5. The van der Waals surface area contributed by atoms with E-state index in [1.165, 1.54) is 12.8 Å². The Balaban J connectivity index is 1.99. The third-order valence-corrected chi connectivity index (χ3v) is 3.95. The second-order valence-corrected chi connectivity index (χ2v) is 5.34. The lowest BCUT2D eigenvalue weighted by atomic mass is 9.89. The molecule has 1 heterocycles. The minimum atomic E-state index is 0.0662. The Morgan fingerprint density at radius 3 is 2.78 bits per heavy atom. The minimum absolute atomic E-state index is 0.0662. The van der Waals surface area contributed by atoms with Crippen LogP contribution in [0.25, 0.3) is 0 Å². The van der Waals surface area contributed by atoms with Crippen LogP contribution in [-0.2, 0) is 0 Å². The summed E-state index contributed by atoms with van der Waals surface area (Å²) in [5, 5.41) is 4.01. The summed E-state index contributed by atoms with van der Waals surface area (Å²) < 4.78 is 5.15. The Kier molecular flexibility index (Phi) is 4.87. The molecule has 1 unspecified atom stereocenters. The molecule has 1 atom stereocenters. The van der Waals surface area contributed by atoms with Gasteiger partial charge in [-0.15, -0.1) is 0 Å². The van der Waals surface area contributed by atoms with Crippen LogP contribution < -0.4 is 15.8 Å². The van der Waals surface area contributed by atoms with Crippen molar-refractivity contribution in [3.05, 3.63) is 28.8 Å². The highest BCUT2D eigenvalue weighted by molar-refractivity contribution is 6.32. The van der Waals surface area contributed by atoms with E-state index < -0.39 is 0 Å². The Morgan fingerprint density at radius 2 is 2.17 bits per heavy atom. The fourth-order valence-electron chi connectivity index (χ4n) is 2.53. The predicted molar refractivity (Wildman–Crippen MR) is 75.1 cm³/mol. The van der Waals surface area contributed by atoms with Gasteiger partial charge < -0.3 is 15.8 Å². The number of halogens is 1. The van der Waals surface area contributed by atoms with Gasteiger partial charge in [0.25, 0.3) is 0 Å². The molecule has 0 aliphatic carbocycles. The molecule has 4 heteroatoms. The number of nitrogens with two attached hydrogens (primary N) is 1. The zero-order chi connectivity index (χ0) is 13.0. The molecule has 100 valence electrons. The lowest BCUT2D eigenvalue weighted by molar-refractivity contribution is 0.333. The van der Waals surface area contributed by atoms with Crippen molar-refractivity contribution in [2.75, 3.05) is 20.2 Å². The number of hydrogen-bond acceptors (Lipinski definition) is 3. The topological polar surface area (TPSA) is 47.3 Å². The summed E-state index contributed by atoms with van der Waals surface area (Å²) in [6.07, 6.45) is 3.47. The Hall–Kier alpha value is -0.770. The number of nitrogens with one attached hydrogen (secondary N) is 1. The van der Waals surface area contributed by atoms with Crippen molar-refractivity contribution in [3.63, 3.8) is 0 Å². The molecular weight excluding hydrogens is 248 g/mol. The summed E-state index contributed by atoms with van der Waals surface area (Å²) in [5.41, 5.74) is 7.36. The standard InChI is InChI=1S/C14H21ClN2O/c1-18-14-3-2-11(9-12(14)15)13(16)8-10-4-6-17-7-5-10/h2-3,9-10,13,17H,4-8,16H2,1H3. The third kappa shape index (κ3) is 3.37. The van der Waals surface area contributed by atoms with E-state index in [0.29, 0.717) is 10.8 Å². The van der Waals surface area contributed by atoms with Gasteiger partial charge in [-0.05, 0) is 56.0 Å². The van der Waals surface area contributed by atoms with Crippen molar-refractivity contribution in [2.45, 2.75) is 25.3 Å². The van der Waals surface area contributed by atoms with Gasteiger partial charge in [-0.2, -0.15) is 0 Å². The summed E-state index contributed by atoms with van der Waals surface area (Å²) in [7, 11) is 1.62. The maximum atomic E-state index is 6.27. The lowest BCUT2D eigenvalue weighted by Crippen LogP contribution is -2.29. The van der Waals surface area contributed by atoms with E-state index in [0.717, 1.165) is 31.0 Å². The number of benzene rings is 1. The van der Waals surface area contributed by atoms with E-state index in [2.05, 4.69) is 5.32 Å². The molecule has 0 aromatic heterocycles. The number of piperidine rings is 1. The van der Waals surface area contributed by atoms with Crippen LogP contribution in [0.3, 0.4) is 0 Å². The van der Waals surface area contributed by atoms with E-state index >= 15 is 0 Å². The molecule has 1 aromatic carbocycles. The molecule has 0 saturated carbocycles. The lowest BCUT2D eigenvalue weighted by Gasteiger charge is -2.25. The molecule has 18 heavy (non-hydrogen) atoms. The monoisotopic (exact) mass is 268 g/mol. The zero-order valence-corrected chi connectivity index (χ0v) is 11.5. The largest absolute Gasteiger partial charge is 0.495 e. The molecule has 0 spiro atoms. The van der Waals surface area contributed by atoms with Gasteiger partial charge in [0.05, 0.1) is 12.1 Å². The molecule has 2 rings (SSSR count). The summed E-state index contributed by atoms with van der Waals surface area (Å²) in [5.74, 6) is 1.43. The van der Waals surface area contributed by atoms with Crippen LogP contribution in [0, 0.1) is 5.92 Å². The molecule has 0 amide bonds. The van der Waals surface area contributed by atoms with Gasteiger partial charge in [0, 0.05) is 6.04 Å². The van der Waals surface area contributed by atoms with Gasteiger partial charge in [-0.3, -0.25) is 0 Å². The maximum absolute atomic E-state index is 6.27. The molecule has 1 aromatic rings. The maximum Gasteiger partial charge on any atom is 0.137 e. The first-order chi connectivity index (χ1) is 8.70. The van der Waals surface area contributed by atoms with E-state index in [9.17, 15) is 0 Å². The molecule has 3 nitrogen and oxygen atoms in total. The van der Waals surface area contributed by atoms with Crippen molar-refractivity contribution in [3.8, 4) is 5.75 Å². The van der Waals surface area contributed by atoms with Crippen molar-refractivity contribution in [1.29, 1.82) is 0 Å². The van der Waals surface area contributed by atoms with Crippen molar-refractivity contribution >= 4 is 11.6 Å². The zero-order valence-electron chi connectivity index (χ0n) is 10.8. The number of ether oxygens (including phenoxy) is 1. The van der Waals surface area contributed by atoms with Crippen molar-refractivity contribution in [2.24, 2.45) is 11.7 Å². The first-order valence-corrected chi connectivity index (χ1v) is 6.88. The van der Waals surface area contributed by atoms with Gasteiger partial charge in [0.2, 0.25) is 0 Å². The fraction of sp³-hybridized carbons (Fsp3) is 0.571. The quantitative estimate of drug-likeness (QED) is 0.883. The molecular formula is C14H21ClN2O. The van der Waals surface area contributed by atoms with Crippen molar-refractivity contribution < 1.29 is 4.74 Å². The smallest absolute Gasteiger partial charge is 0.137 e. The molecule has 0 radical (unpaired) electrons. The fourth-order valence-corrected chi connectivity index (χ4v) is 2.79. The van der Waals surface area contributed by atoms with Crippen LogP contribution in [0.4, 0.5) is 0 Å². The van der Waals surface area contributed by atoms with E-state index in [1.807, 2.05) is 18.2 Å². The van der Waals surface area contributed by atoms with Crippen LogP contribution in [-0.4, -0.2) is 20.2 Å². The molecule has 0 bridgehead atoms. The van der Waals surface area contributed by atoms with Crippen LogP contribution in [0.1, 0.15) is 30.9 Å². The minimum Gasteiger partial charge on any atom is -0.495 e. The summed E-state index contributed by atoms with van der Waals surface area (Å²) in [4.78, 5) is 0. The SMILES string of the molecule is COc1ccc(C(N)CC2CCNCC2)cc1Cl. The summed E-state index contributed by atoms with van der Waals surface area (Å²) in [6, 6.07) is 5.89. The van der Waals surface area contributed by atoms with Crippen LogP contribution in [0.5, 0.6) is 5.75 Å². The Morgan fingerprint density at radius 1 is 1.44 bits per heavy atom. The number of rotatable bonds is 4. The predicted octanol–water partition coefficient (Wildman–Crippen LogP) is 2.74. The number of methoxy groups -OCH3 is 1. The van der Waals surface area contributed by atoms with Gasteiger partial charge in [0.15, 0.2) is 0 Å². The normalized spacial score (nSPS) is 18.6. The van der Waals surface area contributed by atoms with Crippen molar-refractivity contribution in [1.82, 2.24) is 5.32 Å². The Bertz CT molecular complexity index is 391. The van der Waals surface area contributed by atoms with E-state index in [1.54, 1.807) is 7.11 Å². The molecule has 1 saturated heterocycles. The number of hydrogen-bond donors (Lipinski definition) is 2. The summed E-state index contributed by atoms with van der Waals surface area (Å²) in [6.45, 7) is 2.22. The van der Waals surface area contributed by atoms with Gasteiger partial charge in [-0.1, -0.05) is 17.7 Å². The van der Waals surface area contributed by atoms with Crippen LogP contribution in [0.2, 0.25) is 5.02 Å². The molecule has 1 aliphatic rings. The highest BCUT2D eigenvalue weighted by Gasteiger charge is 2.18. The average Bonchev–Trinajstić information content (AvgIpc) is 2.39. The van der Waals surface area contributed by atoms with Gasteiger partial charge >= 0.3 is 0 Å². The molecule has 1 fully saturated rings. The Labute approximate surface area is 114 Å². The first-order valence-electron chi connectivity index (χ1n) is 6.50. The van der Waals surface area contributed by atoms with E-state index in [4.69, 9.17) is 22.1 Å². The van der Waals surface area contributed by atoms with E-state index in [-0.39, 0.29) is 6.04 Å². The molecule has 1 aliphatic heterocycles. The van der Waals surface area contributed by atoms with Crippen LogP contribution in [0.15, 0.2) is 18.2 Å². The van der Waals surface area contributed by atoms with Crippen LogP contribution >= 0.6 is 11.6 Å². The molecule has 3 N–H and O–H groups in total. The highest BCUT2D eigenvalue weighted by Crippen LogP contribution is 2.30. The third-order valence-electron chi connectivity index (χ3n) is 3.65. The van der Waals surface area contributed by atoms with Gasteiger partial charge in [0.1, 0.15) is 5.75 Å². The average molecular weight is 269 g/mol. The first kappa shape index (κ1) is 13.7.